The van der Waals surface area contributed by atoms with Crippen molar-refractivity contribution in [3.63, 3.8) is 0 Å². The van der Waals surface area contributed by atoms with Gasteiger partial charge in [0.15, 0.2) is 0 Å². The van der Waals surface area contributed by atoms with Crippen LogP contribution >= 0.6 is 0 Å². The van der Waals surface area contributed by atoms with Crippen LogP contribution in [0.1, 0.15) is 25.1 Å². The summed E-state index contributed by atoms with van der Waals surface area (Å²) in [6.45, 7) is 0. The molecule has 1 aliphatic carbocycles. The van der Waals surface area contributed by atoms with Gasteiger partial charge in [-0.05, 0) is 31.0 Å². The molecule has 0 radical (unpaired) electrons. The van der Waals surface area contributed by atoms with Gasteiger partial charge >= 0.3 is 5.97 Å². The van der Waals surface area contributed by atoms with Crippen LogP contribution in [0.25, 0.3) is 11.3 Å². The molecular formula is C14H13N3O2. The van der Waals surface area contributed by atoms with Crippen LogP contribution in [0.3, 0.4) is 0 Å². The summed E-state index contributed by atoms with van der Waals surface area (Å²) in [5.74, 6) is -0.422. The van der Waals surface area contributed by atoms with Crippen LogP contribution < -0.4 is 0 Å². The number of carbonyl (C=O) groups is 1. The molecule has 1 N–H and O–H groups in total. The first-order valence-corrected chi connectivity index (χ1v) is 6.20. The molecule has 0 saturated heterocycles. The predicted octanol–water partition coefficient (Wildman–Crippen LogP) is 2.04. The van der Waals surface area contributed by atoms with Crippen LogP contribution in [0.5, 0.6) is 0 Å². The van der Waals surface area contributed by atoms with E-state index in [4.69, 9.17) is 0 Å². The zero-order valence-electron chi connectivity index (χ0n) is 10.3. The molecule has 3 rings (SSSR count). The largest absolute Gasteiger partial charge is 0.480 e. The van der Waals surface area contributed by atoms with Gasteiger partial charge in [0.05, 0.1) is 5.69 Å². The Kier molecular flexibility index (Phi) is 2.74. The smallest absolute Gasteiger partial charge is 0.317 e. The molecule has 19 heavy (non-hydrogen) atoms. The minimum atomic E-state index is -0.891. The molecule has 96 valence electrons. The van der Waals surface area contributed by atoms with Crippen molar-refractivity contribution in [1.82, 2.24) is 15.0 Å². The molecule has 5 nitrogen and oxygen atoms in total. The summed E-state index contributed by atoms with van der Waals surface area (Å²) in [6.07, 6.45) is 7.15. The minimum Gasteiger partial charge on any atom is -0.480 e. The molecule has 0 bridgehead atoms. The van der Waals surface area contributed by atoms with Gasteiger partial charge in [-0.25, -0.2) is 9.97 Å². The van der Waals surface area contributed by atoms with Gasteiger partial charge in [-0.15, -0.1) is 0 Å². The monoisotopic (exact) mass is 255 g/mol. The van der Waals surface area contributed by atoms with Crippen LogP contribution in [-0.2, 0) is 10.2 Å². The molecule has 5 heteroatoms. The van der Waals surface area contributed by atoms with Crippen LogP contribution in [-0.4, -0.2) is 26.0 Å². The van der Waals surface area contributed by atoms with Gasteiger partial charge in [0.2, 0.25) is 0 Å². The first kappa shape index (κ1) is 11.8. The number of aliphatic carboxylic acids is 1. The number of hydrogen-bond donors (Lipinski definition) is 1. The Bertz CT molecular complexity index is 609. The van der Waals surface area contributed by atoms with Gasteiger partial charge in [-0.1, -0.05) is 6.42 Å². The summed E-state index contributed by atoms with van der Waals surface area (Å²) in [6, 6.07) is 5.50. The second-order valence-corrected chi connectivity index (χ2v) is 4.75. The fourth-order valence-electron chi connectivity index (χ4n) is 2.33. The van der Waals surface area contributed by atoms with E-state index in [0.717, 1.165) is 12.0 Å². The molecule has 0 spiro atoms. The molecule has 0 atom stereocenters. The second kappa shape index (κ2) is 4.42. The third-order valence-electron chi connectivity index (χ3n) is 3.66. The molecule has 0 aliphatic heterocycles. The van der Waals surface area contributed by atoms with Gasteiger partial charge in [-0.2, -0.15) is 0 Å². The number of carboxylic acid groups (broad SMARTS) is 1. The highest BCUT2D eigenvalue weighted by molar-refractivity contribution is 5.81. The standard InChI is InChI=1S/C14H13N3O2/c18-13(19)14(5-2-6-14)12-16-8-4-11(17-12)10-3-1-7-15-9-10/h1,3-4,7-9H,2,5-6H2,(H,18,19). The summed E-state index contributed by atoms with van der Waals surface area (Å²) in [4.78, 5) is 24.1. The normalized spacial score (nSPS) is 16.6. The maximum Gasteiger partial charge on any atom is 0.317 e. The van der Waals surface area contributed by atoms with Gasteiger partial charge in [0, 0.05) is 24.2 Å². The third kappa shape index (κ3) is 1.87. The Balaban J connectivity index is 2.03. The van der Waals surface area contributed by atoms with Crippen molar-refractivity contribution in [3.05, 3.63) is 42.6 Å². The van der Waals surface area contributed by atoms with E-state index in [0.29, 0.717) is 24.4 Å². The lowest BCUT2D eigenvalue weighted by molar-refractivity contribution is -0.147. The number of rotatable bonds is 3. The molecule has 2 aromatic heterocycles. The Morgan fingerprint density at radius 1 is 1.26 bits per heavy atom. The topological polar surface area (TPSA) is 76.0 Å². The molecule has 0 unspecified atom stereocenters. The predicted molar refractivity (Wildman–Crippen MR) is 68.4 cm³/mol. The first-order valence-electron chi connectivity index (χ1n) is 6.20. The third-order valence-corrected chi connectivity index (χ3v) is 3.66. The van der Waals surface area contributed by atoms with Crippen molar-refractivity contribution in [2.45, 2.75) is 24.7 Å². The van der Waals surface area contributed by atoms with E-state index in [2.05, 4.69) is 15.0 Å². The maximum absolute atomic E-state index is 11.5. The lowest BCUT2D eigenvalue weighted by atomic mass is 9.68. The zero-order valence-corrected chi connectivity index (χ0v) is 10.3. The Hall–Kier alpha value is -2.30. The van der Waals surface area contributed by atoms with Crippen molar-refractivity contribution < 1.29 is 9.90 Å². The molecule has 1 aliphatic rings. The fourth-order valence-corrected chi connectivity index (χ4v) is 2.33. The molecule has 1 saturated carbocycles. The average Bonchev–Trinajstić information content (AvgIpc) is 2.38. The second-order valence-electron chi connectivity index (χ2n) is 4.75. The molecule has 2 aromatic rings. The highest BCUT2D eigenvalue weighted by Crippen LogP contribution is 2.42. The van der Waals surface area contributed by atoms with Crippen molar-refractivity contribution in [2.24, 2.45) is 0 Å². The number of nitrogens with zero attached hydrogens (tertiary/aromatic N) is 3. The van der Waals surface area contributed by atoms with Crippen molar-refractivity contribution in [2.75, 3.05) is 0 Å². The quantitative estimate of drug-likeness (QED) is 0.908. The van der Waals surface area contributed by atoms with Crippen LogP contribution in [0.4, 0.5) is 0 Å². The van der Waals surface area contributed by atoms with Crippen molar-refractivity contribution in [1.29, 1.82) is 0 Å². The van der Waals surface area contributed by atoms with E-state index >= 15 is 0 Å². The van der Waals surface area contributed by atoms with Crippen LogP contribution in [0.15, 0.2) is 36.8 Å². The van der Waals surface area contributed by atoms with E-state index in [1.165, 1.54) is 0 Å². The number of pyridine rings is 1. The number of aromatic nitrogens is 3. The van der Waals surface area contributed by atoms with Crippen molar-refractivity contribution >= 4 is 5.97 Å². The van der Waals surface area contributed by atoms with Gasteiger partial charge in [0.1, 0.15) is 11.2 Å². The van der Waals surface area contributed by atoms with Crippen LogP contribution in [0.2, 0.25) is 0 Å². The van der Waals surface area contributed by atoms with E-state index in [1.54, 1.807) is 24.7 Å². The minimum absolute atomic E-state index is 0.410. The Morgan fingerprint density at radius 3 is 2.68 bits per heavy atom. The van der Waals surface area contributed by atoms with E-state index in [9.17, 15) is 9.90 Å². The fraction of sp³-hybridized carbons (Fsp3) is 0.286. The molecular weight excluding hydrogens is 242 g/mol. The Morgan fingerprint density at radius 2 is 2.11 bits per heavy atom. The summed E-state index contributed by atoms with van der Waals surface area (Å²) >= 11 is 0. The van der Waals surface area contributed by atoms with Gasteiger partial charge < -0.3 is 5.11 Å². The first-order chi connectivity index (χ1) is 9.22. The number of carboxylic acids is 1. The average molecular weight is 255 g/mol. The molecule has 0 aromatic carbocycles. The van der Waals surface area contributed by atoms with E-state index < -0.39 is 11.4 Å². The number of hydrogen-bond acceptors (Lipinski definition) is 4. The summed E-state index contributed by atoms with van der Waals surface area (Å²) in [7, 11) is 0. The van der Waals surface area contributed by atoms with Crippen molar-refractivity contribution in [3.8, 4) is 11.3 Å². The highest BCUT2D eigenvalue weighted by Gasteiger charge is 2.48. The van der Waals surface area contributed by atoms with E-state index in [1.807, 2.05) is 12.1 Å². The summed E-state index contributed by atoms with van der Waals surface area (Å²) in [5, 5.41) is 9.41. The van der Waals surface area contributed by atoms with Gasteiger partial charge in [0.25, 0.3) is 0 Å². The lowest BCUT2D eigenvalue weighted by Crippen LogP contribution is -2.43. The summed E-state index contributed by atoms with van der Waals surface area (Å²) < 4.78 is 0. The zero-order chi connectivity index (χ0) is 13.3. The Labute approximate surface area is 110 Å². The molecule has 2 heterocycles. The van der Waals surface area contributed by atoms with Gasteiger partial charge in [-0.3, -0.25) is 9.78 Å². The SMILES string of the molecule is O=C(O)C1(c2nccc(-c3cccnc3)n2)CCC1. The highest BCUT2D eigenvalue weighted by atomic mass is 16.4. The lowest BCUT2D eigenvalue weighted by Gasteiger charge is -2.35. The molecule has 1 fully saturated rings. The van der Waals surface area contributed by atoms with Crippen LogP contribution in [0, 0.1) is 0 Å². The molecule has 0 amide bonds. The summed E-state index contributed by atoms with van der Waals surface area (Å²) in [5.41, 5.74) is 0.690. The maximum atomic E-state index is 11.5. The van der Waals surface area contributed by atoms with E-state index in [-0.39, 0.29) is 0 Å².